The molecular formula is C19H24N2O. The SMILES string of the molecule is Cc1ccc(C(C)(C)CNC(=O)c2cc(N)ccc2C)cc1. The van der Waals surface area contributed by atoms with Crippen LogP contribution in [0, 0.1) is 13.8 Å². The van der Waals surface area contributed by atoms with Crippen molar-refractivity contribution in [1.82, 2.24) is 5.32 Å². The van der Waals surface area contributed by atoms with Gasteiger partial charge in [0.2, 0.25) is 0 Å². The molecule has 0 aliphatic carbocycles. The number of rotatable bonds is 4. The maximum absolute atomic E-state index is 12.4. The number of carbonyl (C=O) groups excluding carboxylic acids is 1. The number of carbonyl (C=O) groups is 1. The lowest BCUT2D eigenvalue weighted by molar-refractivity contribution is 0.0945. The van der Waals surface area contributed by atoms with Crippen LogP contribution in [0.25, 0.3) is 0 Å². The number of benzene rings is 2. The minimum absolute atomic E-state index is 0.0787. The standard InChI is InChI=1S/C19H24N2O/c1-13-5-8-15(9-6-13)19(3,4)12-21-18(22)17-11-16(20)10-7-14(17)2/h5-11H,12,20H2,1-4H3,(H,21,22). The minimum atomic E-state index is -0.127. The van der Waals surface area contributed by atoms with Crippen LogP contribution in [0.3, 0.4) is 0 Å². The Kier molecular flexibility index (Phi) is 4.55. The van der Waals surface area contributed by atoms with E-state index in [4.69, 9.17) is 5.73 Å². The molecule has 22 heavy (non-hydrogen) atoms. The van der Waals surface area contributed by atoms with Gasteiger partial charge in [0.25, 0.3) is 5.91 Å². The van der Waals surface area contributed by atoms with E-state index in [9.17, 15) is 4.79 Å². The van der Waals surface area contributed by atoms with E-state index in [2.05, 4.69) is 50.4 Å². The number of nitrogen functional groups attached to an aromatic ring is 1. The highest BCUT2D eigenvalue weighted by Gasteiger charge is 2.22. The van der Waals surface area contributed by atoms with Gasteiger partial charge >= 0.3 is 0 Å². The normalized spacial score (nSPS) is 11.3. The van der Waals surface area contributed by atoms with Gasteiger partial charge < -0.3 is 11.1 Å². The fourth-order valence-corrected chi connectivity index (χ4v) is 2.39. The molecule has 0 unspecified atom stereocenters. The zero-order chi connectivity index (χ0) is 16.3. The Hall–Kier alpha value is -2.29. The summed E-state index contributed by atoms with van der Waals surface area (Å²) in [7, 11) is 0. The minimum Gasteiger partial charge on any atom is -0.399 e. The molecule has 0 radical (unpaired) electrons. The van der Waals surface area contributed by atoms with Gasteiger partial charge in [0.05, 0.1) is 0 Å². The van der Waals surface area contributed by atoms with Gasteiger partial charge in [-0.1, -0.05) is 49.7 Å². The quantitative estimate of drug-likeness (QED) is 0.847. The monoisotopic (exact) mass is 296 g/mol. The predicted octanol–water partition coefficient (Wildman–Crippen LogP) is 3.59. The number of nitrogens with two attached hydrogens (primary N) is 1. The van der Waals surface area contributed by atoms with Crippen LogP contribution in [0.1, 0.15) is 40.9 Å². The third kappa shape index (κ3) is 3.67. The number of anilines is 1. The van der Waals surface area contributed by atoms with Crippen LogP contribution < -0.4 is 11.1 Å². The second-order valence-electron chi connectivity index (χ2n) is 6.51. The highest BCUT2D eigenvalue weighted by atomic mass is 16.1. The molecule has 0 heterocycles. The lowest BCUT2D eigenvalue weighted by atomic mass is 9.84. The Morgan fingerprint density at radius 2 is 1.73 bits per heavy atom. The number of hydrogen-bond acceptors (Lipinski definition) is 2. The van der Waals surface area contributed by atoms with Crippen molar-refractivity contribution in [3.8, 4) is 0 Å². The van der Waals surface area contributed by atoms with Gasteiger partial charge in [-0.25, -0.2) is 0 Å². The number of amides is 1. The van der Waals surface area contributed by atoms with Crippen LogP contribution in [0.4, 0.5) is 5.69 Å². The van der Waals surface area contributed by atoms with Crippen molar-refractivity contribution in [2.24, 2.45) is 0 Å². The van der Waals surface area contributed by atoms with Gasteiger partial charge in [0.15, 0.2) is 0 Å². The molecule has 2 rings (SSSR count). The summed E-state index contributed by atoms with van der Waals surface area (Å²) in [4.78, 5) is 12.4. The average Bonchev–Trinajstić information content (AvgIpc) is 2.48. The molecule has 1 amide bonds. The summed E-state index contributed by atoms with van der Waals surface area (Å²) in [5.74, 6) is -0.0787. The zero-order valence-electron chi connectivity index (χ0n) is 13.7. The molecule has 0 saturated heterocycles. The van der Waals surface area contributed by atoms with Crippen LogP contribution in [-0.4, -0.2) is 12.5 Å². The number of hydrogen-bond donors (Lipinski definition) is 2. The van der Waals surface area contributed by atoms with E-state index < -0.39 is 0 Å². The van der Waals surface area contributed by atoms with Gasteiger partial charge in [-0.2, -0.15) is 0 Å². The highest BCUT2D eigenvalue weighted by molar-refractivity contribution is 5.96. The van der Waals surface area contributed by atoms with E-state index in [1.54, 1.807) is 6.07 Å². The molecule has 0 bridgehead atoms. The van der Waals surface area contributed by atoms with E-state index in [1.165, 1.54) is 11.1 Å². The molecule has 116 valence electrons. The predicted molar refractivity (Wildman–Crippen MR) is 92.1 cm³/mol. The van der Waals surface area contributed by atoms with Gasteiger partial charge in [-0.05, 0) is 37.1 Å². The summed E-state index contributed by atoms with van der Waals surface area (Å²) >= 11 is 0. The van der Waals surface area contributed by atoms with Crippen LogP contribution in [0.5, 0.6) is 0 Å². The molecular weight excluding hydrogens is 272 g/mol. The lowest BCUT2D eigenvalue weighted by Gasteiger charge is -2.26. The van der Waals surface area contributed by atoms with Crippen LogP contribution in [0.2, 0.25) is 0 Å². The maximum atomic E-state index is 12.4. The van der Waals surface area contributed by atoms with E-state index in [0.29, 0.717) is 17.8 Å². The van der Waals surface area contributed by atoms with Crippen molar-refractivity contribution < 1.29 is 4.79 Å². The van der Waals surface area contributed by atoms with Gasteiger partial charge in [0.1, 0.15) is 0 Å². The van der Waals surface area contributed by atoms with Crippen molar-refractivity contribution in [3.05, 3.63) is 64.7 Å². The molecule has 0 aromatic heterocycles. The summed E-state index contributed by atoms with van der Waals surface area (Å²) in [6.45, 7) is 8.82. The molecule has 3 heteroatoms. The van der Waals surface area contributed by atoms with Crippen LogP contribution in [-0.2, 0) is 5.41 Å². The Balaban J connectivity index is 2.09. The molecule has 2 aromatic carbocycles. The molecule has 0 aliphatic heterocycles. The first kappa shape index (κ1) is 16.1. The Morgan fingerprint density at radius 3 is 2.36 bits per heavy atom. The third-order valence-corrected chi connectivity index (χ3v) is 4.03. The van der Waals surface area contributed by atoms with E-state index in [0.717, 1.165) is 5.56 Å². The van der Waals surface area contributed by atoms with Gasteiger partial charge in [-0.3, -0.25) is 4.79 Å². The van der Waals surface area contributed by atoms with Crippen molar-refractivity contribution in [2.75, 3.05) is 12.3 Å². The van der Waals surface area contributed by atoms with E-state index >= 15 is 0 Å². The summed E-state index contributed by atoms with van der Waals surface area (Å²) < 4.78 is 0. The Bertz CT molecular complexity index is 672. The van der Waals surface area contributed by atoms with E-state index in [-0.39, 0.29) is 11.3 Å². The first-order valence-corrected chi connectivity index (χ1v) is 7.51. The lowest BCUT2D eigenvalue weighted by Crippen LogP contribution is -2.37. The van der Waals surface area contributed by atoms with Gasteiger partial charge in [-0.15, -0.1) is 0 Å². The van der Waals surface area contributed by atoms with Crippen molar-refractivity contribution in [2.45, 2.75) is 33.1 Å². The summed E-state index contributed by atoms with van der Waals surface area (Å²) in [5.41, 5.74) is 10.3. The maximum Gasteiger partial charge on any atom is 0.251 e. The average molecular weight is 296 g/mol. The molecule has 2 aromatic rings. The second-order valence-corrected chi connectivity index (χ2v) is 6.51. The first-order valence-electron chi connectivity index (χ1n) is 7.51. The summed E-state index contributed by atoms with van der Waals surface area (Å²) in [6, 6.07) is 13.8. The van der Waals surface area contributed by atoms with Crippen LogP contribution in [0.15, 0.2) is 42.5 Å². The Morgan fingerprint density at radius 1 is 1.09 bits per heavy atom. The molecule has 0 spiro atoms. The van der Waals surface area contributed by atoms with Crippen molar-refractivity contribution in [1.29, 1.82) is 0 Å². The van der Waals surface area contributed by atoms with Crippen molar-refractivity contribution in [3.63, 3.8) is 0 Å². The van der Waals surface area contributed by atoms with Crippen molar-refractivity contribution >= 4 is 11.6 Å². The molecule has 0 saturated carbocycles. The number of aryl methyl sites for hydroxylation is 2. The second kappa shape index (κ2) is 6.22. The smallest absolute Gasteiger partial charge is 0.251 e. The summed E-state index contributed by atoms with van der Waals surface area (Å²) in [5, 5.41) is 3.03. The molecule has 0 atom stereocenters. The first-order chi connectivity index (χ1) is 10.3. The molecule has 3 N–H and O–H groups in total. The zero-order valence-corrected chi connectivity index (χ0v) is 13.7. The molecule has 3 nitrogen and oxygen atoms in total. The van der Waals surface area contributed by atoms with E-state index in [1.807, 2.05) is 19.1 Å². The topological polar surface area (TPSA) is 55.1 Å². The highest BCUT2D eigenvalue weighted by Crippen LogP contribution is 2.23. The third-order valence-electron chi connectivity index (χ3n) is 4.03. The molecule has 0 aliphatic rings. The van der Waals surface area contributed by atoms with Gasteiger partial charge in [0, 0.05) is 23.2 Å². The summed E-state index contributed by atoms with van der Waals surface area (Å²) in [6.07, 6.45) is 0. The fraction of sp³-hybridized carbons (Fsp3) is 0.316. The Labute approximate surface area is 132 Å². The van der Waals surface area contributed by atoms with Crippen LogP contribution >= 0.6 is 0 Å². The largest absolute Gasteiger partial charge is 0.399 e. The number of nitrogens with one attached hydrogen (secondary N) is 1. The fourth-order valence-electron chi connectivity index (χ4n) is 2.39. The molecule has 0 fully saturated rings.